The first kappa shape index (κ1) is 21.8. The molecule has 0 fully saturated rings. The van der Waals surface area contributed by atoms with Gasteiger partial charge in [0.05, 0.1) is 28.9 Å². The quantitative estimate of drug-likeness (QED) is 0.661. The second-order valence-electron chi connectivity index (χ2n) is 6.98. The largest absolute Gasteiger partial charge is 0.465 e. The number of hydrogen-bond donors (Lipinski definition) is 3. The van der Waals surface area contributed by atoms with E-state index in [9.17, 15) is 23.1 Å². The van der Waals surface area contributed by atoms with Gasteiger partial charge in [0.1, 0.15) is 0 Å². The number of carboxylic acid groups (broad SMARTS) is 1. The molecule has 1 aliphatic rings. The zero-order valence-electron chi connectivity index (χ0n) is 16.6. The molecule has 0 unspecified atom stereocenters. The number of fused-ring (bicyclic) bond motifs is 1. The summed E-state index contributed by atoms with van der Waals surface area (Å²) in [5.74, 6) is -0.175. The van der Waals surface area contributed by atoms with Crippen LogP contribution in [0.25, 0.3) is 11.1 Å². The predicted octanol–water partition coefficient (Wildman–Crippen LogP) is 1.86. The van der Waals surface area contributed by atoms with Gasteiger partial charge in [-0.3, -0.25) is 9.69 Å². The number of sulfonamides is 1. The van der Waals surface area contributed by atoms with E-state index in [4.69, 9.17) is 5.11 Å². The first-order valence-corrected chi connectivity index (χ1v) is 10.8. The summed E-state index contributed by atoms with van der Waals surface area (Å²) < 4.78 is 26.6. The number of aliphatic hydroxyl groups is 1. The molecule has 0 saturated heterocycles. The number of amides is 2. The Bertz CT molecular complexity index is 1070. The molecule has 9 nitrogen and oxygen atoms in total. The van der Waals surface area contributed by atoms with Gasteiger partial charge in [-0.15, -0.1) is 0 Å². The molecule has 0 aromatic heterocycles. The summed E-state index contributed by atoms with van der Waals surface area (Å²) >= 11 is 0. The smallest absolute Gasteiger partial charge is 0.411 e. The first-order valence-electron chi connectivity index (χ1n) is 9.31. The summed E-state index contributed by atoms with van der Waals surface area (Å²) in [6.07, 6.45) is -1.11. The highest BCUT2D eigenvalue weighted by molar-refractivity contribution is 7.89. The minimum absolute atomic E-state index is 0.0569. The van der Waals surface area contributed by atoms with Crippen LogP contribution in [0.5, 0.6) is 0 Å². The first-order chi connectivity index (χ1) is 14.2. The highest BCUT2D eigenvalue weighted by Gasteiger charge is 2.33. The molecule has 1 aliphatic heterocycles. The molecule has 10 heteroatoms. The van der Waals surface area contributed by atoms with Gasteiger partial charge >= 0.3 is 6.09 Å². The van der Waals surface area contributed by atoms with E-state index in [0.717, 1.165) is 0 Å². The molecule has 30 heavy (non-hydrogen) atoms. The minimum Gasteiger partial charge on any atom is -0.465 e. The van der Waals surface area contributed by atoms with Gasteiger partial charge in [0.15, 0.2) is 0 Å². The van der Waals surface area contributed by atoms with Crippen molar-refractivity contribution in [1.29, 1.82) is 0 Å². The van der Waals surface area contributed by atoms with Crippen LogP contribution in [0, 0.1) is 0 Å². The second kappa shape index (κ2) is 8.42. The van der Waals surface area contributed by atoms with Crippen LogP contribution in [0.2, 0.25) is 0 Å². The Balaban J connectivity index is 2.00. The Morgan fingerprint density at radius 1 is 1.10 bits per heavy atom. The number of nitrogens with one attached hydrogen (secondary N) is 1. The van der Waals surface area contributed by atoms with E-state index in [-0.39, 0.29) is 36.5 Å². The monoisotopic (exact) mass is 433 g/mol. The van der Waals surface area contributed by atoms with E-state index in [1.807, 2.05) is 0 Å². The third-order valence-electron chi connectivity index (χ3n) is 4.89. The van der Waals surface area contributed by atoms with Crippen LogP contribution >= 0.6 is 0 Å². The van der Waals surface area contributed by atoms with Crippen molar-refractivity contribution >= 4 is 33.4 Å². The van der Waals surface area contributed by atoms with Gasteiger partial charge in [0, 0.05) is 20.0 Å². The molecular weight excluding hydrogens is 410 g/mol. The molecule has 0 radical (unpaired) electrons. The number of benzene rings is 2. The van der Waals surface area contributed by atoms with Crippen LogP contribution in [-0.2, 0) is 14.8 Å². The van der Waals surface area contributed by atoms with Crippen LogP contribution in [0.1, 0.15) is 13.8 Å². The number of carbonyl (C=O) groups is 2. The van der Waals surface area contributed by atoms with Crippen molar-refractivity contribution in [1.82, 2.24) is 4.72 Å². The molecule has 0 spiro atoms. The summed E-state index contributed by atoms with van der Waals surface area (Å²) in [5, 5.41) is 18.4. The highest BCUT2D eigenvalue weighted by atomic mass is 32.2. The van der Waals surface area contributed by atoms with Gasteiger partial charge in [-0.2, -0.15) is 0 Å². The number of aliphatic hydroxyl groups excluding tert-OH is 1. The molecule has 160 valence electrons. The van der Waals surface area contributed by atoms with Crippen LogP contribution in [0.4, 0.5) is 16.2 Å². The van der Waals surface area contributed by atoms with Crippen molar-refractivity contribution in [3.05, 3.63) is 42.5 Å². The number of hydrogen-bond acceptors (Lipinski definition) is 5. The Kier molecular flexibility index (Phi) is 6.11. The van der Waals surface area contributed by atoms with Crippen molar-refractivity contribution in [3.63, 3.8) is 0 Å². The average Bonchev–Trinajstić information content (AvgIpc) is 2.71. The van der Waals surface area contributed by atoms with Crippen molar-refractivity contribution < 1.29 is 28.2 Å². The fourth-order valence-electron chi connectivity index (χ4n) is 3.56. The van der Waals surface area contributed by atoms with E-state index >= 15 is 0 Å². The van der Waals surface area contributed by atoms with E-state index in [2.05, 4.69) is 4.72 Å². The van der Waals surface area contributed by atoms with Crippen molar-refractivity contribution in [2.45, 2.75) is 24.8 Å². The zero-order chi connectivity index (χ0) is 22.1. The molecule has 0 aliphatic carbocycles. The van der Waals surface area contributed by atoms with Gasteiger partial charge in [0.2, 0.25) is 15.9 Å². The molecule has 2 aromatic rings. The third-order valence-corrected chi connectivity index (χ3v) is 6.36. The van der Waals surface area contributed by atoms with Crippen LogP contribution in [-0.4, -0.2) is 56.4 Å². The van der Waals surface area contributed by atoms with E-state index in [1.165, 1.54) is 24.0 Å². The number of rotatable bonds is 5. The van der Waals surface area contributed by atoms with Crippen molar-refractivity contribution in [2.24, 2.45) is 0 Å². The SMILES string of the molecule is CC(=O)N1c2ccc(-c3ccc(S(=O)(=O)NCCO)cc3)cc2N(C(=O)O)C[C@@H]1C. The second-order valence-corrected chi connectivity index (χ2v) is 8.75. The summed E-state index contributed by atoms with van der Waals surface area (Å²) in [4.78, 5) is 26.7. The fourth-order valence-corrected chi connectivity index (χ4v) is 4.58. The van der Waals surface area contributed by atoms with Crippen LogP contribution < -0.4 is 14.5 Å². The van der Waals surface area contributed by atoms with Gasteiger partial charge in [0.25, 0.3) is 0 Å². The summed E-state index contributed by atoms with van der Waals surface area (Å²) in [5.41, 5.74) is 2.29. The Labute approximate surface area is 174 Å². The lowest BCUT2D eigenvalue weighted by Gasteiger charge is -2.39. The molecule has 2 aromatic carbocycles. The Hall–Kier alpha value is -2.95. The van der Waals surface area contributed by atoms with Crippen molar-refractivity contribution in [2.75, 3.05) is 29.5 Å². The Morgan fingerprint density at radius 3 is 2.30 bits per heavy atom. The standard InChI is InChI=1S/C20H23N3O6S/c1-13-12-22(20(26)27)19-11-16(5-8-18(19)23(13)14(2)25)15-3-6-17(7-4-15)30(28,29)21-9-10-24/h3-8,11,13,21,24H,9-10,12H2,1-2H3,(H,26,27)/t13-/m0/s1. The molecule has 0 saturated carbocycles. The predicted molar refractivity (Wildman–Crippen MR) is 112 cm³/mol. The molecule has 0 bridgehead atoms. The fraction of sp³-hybridized carbons (Fsp3) is 0.300. The molecule has 3 N–H and O–H groups in total. The zero-order valence-corrected chi connectivity index (χ0v) is 17.4. The van der Waals surface area contributed by atoms with Crippen molar-refractivity contribution in [3.8, 4) is 11.1 Å². The van der Waals surface area contributed by atoms with E-state index in [0.29, 0.717) is 22.5 Å². The maximum absolute atomic E-state index is 12.1. The van der Waals surface area contributed by atoms with Gasteiger partial charge in [-0.25, -0.2) is 17.9 Å². The molecular formula is C20H23N3O6S. The molecule has 2 amide bonds. The topological polar surface area (TPSA) is 127 Å². The third kappa shape index (κ3) is 4.16. The lowest BCUT2D eigenvalue weighted by Crippen LogP contribution is -2.51. The van der Waals surface area contributed by atoms with Gasteiger partial charge in [-0.1, -0.05) is 18.2 Å². The maximum atomic E-state index is 12.1. The number of nitrogens with zero attached hydrogens (tertiary/aromatic N) is 2. The van der Waals surface area contributed by atoms with Gasteiger partial charge < -0.3 is 15.1 Å². The molecule has 3 rings (SSSR count). The number of carbonyl (C=O) groups excluding carboxylic acids is 1. The summed E-state index contributed by atoms with van der Waals surface area (Å²) in [6, 6.07) is 11.0. The summed E-state index contributed by atoms with van der Waals surface area (Å²) in [6.45, 7) is 3.00. The van der Waals surface area contributed by atoms with Crippen LogP contribution in [0.3, 0.4) is 0 Å². The molecule has 1 heterocycles. The normalized spacial score (nSPS) is 16.3. The average molecular weight is 433 g/mol. The van der Waals surface area contributed by atoms with E-state index in [1.54, 1.807) is 42.2 Å². The van der Waals surface area contributed by atoms with Crippen LogP contribution in [0.15, 0.2) is 47.4 Å². The maximum Gasteiger partial charge on any atom is 0.411 e. The summed E-state index contributed by atoms with van der Waals surface area (Å²) in [7, 11) is -3.72. The van der Waals surface area contributed by atoms with E-state index < -0.39 is 16.1 Å². The molecule has 1 atom stereocenters. The van der Waals surface area contributed by atoms with Gasteiger partial charge in [-0.05, 0) is 42.3 Å². The number of anilines is 2. The Morgan fingerprint density at radius 2 is 1.73 bits per heavy atom. The highest BCUT2D eigenvalue weighted by Crippen LogP contribution is 2.39. The lowest BCUT2D eigenvalue weighted by atomic mass is 10.0. The minimum atomic E-state index is -3.72. The lowest BCUT2D eigenvalue weighted by molar-refractivity contribution is -0.117.